The van der Waals surface area contributed by atoms with Gasteiger partial charge in [-0.15, -0.1) is 11.3 Å². The summed E-state index contributed by atoms with van der Waals surface area (Å²) in [6, 6.07) is 4.21. The molecule has 0 aliphatic heterocycles. The van der Waals surface area contributed by atoms with E-state index < -0.39 is 0 Å². The Hall–Kier alpha value is -0.380. The van der Waals surface area contributed by atoms with Crippen molar-refractivity contribution < 1.29 is 5.11 Å². The Kier molecular flexibility index (Phi) is 3.44. The second-order valence-electron chi connectivity index (χ2n) is 4.58. The lowest BCUT2D eigenvalue weighted by Gasteiger charge is -2.40. The molecule has 0 aromatic carbocycles. The topological polar surface area (TPSA) is 46.2 Å². The van der Waals surface area contributed by atoms with Crippen LogP contribution < -0.4 is 5.73 Å². The molecule has 2 atom stereocenters. The Morgan fingerprint density at radius 3 is 3.00 bits per heavy atom. The highest BCUT2D eigenvalue weighted by Gasteiger charge is 2.38. The molecule has 84 valence electrons. The number of hydrogen-bond donors (Lipinski definition) is 2. The molecule has 1 heterocycles. The average molecular weight is 225 g/mol. The monoisotopic (exact) mass is 225 g/mol. The molecule has 2 nitrogen and oxygen atoms in total. The van der Waals surface area contributed by atoms with Crippen molar-refractivity contribution in [3.05, 3.63) is 22.4 Å². The van der Waals surface area contributed by atoms with E-state index in [2.05, 4.69) is 17.5 Å². The van der Waals surface area contributed by atoms with Crippen molar-refractivity contribution >= 4 is 11.3 Å². The summed E-state index contributed by atoms with van der Waals surface area (Å²) in [5.41, 5.74) is 5.84. The van der Waals surface area contributed by atoms with Crippen LogP contribution in [0.3, 0.4) is 0 Å². The lowest BCUT2D eigenvalue weighted by molar-refractivity contribution is -0.00533. The fourth-order valence-electron chi connectivity index (χ4n) is 2.56. The van der Waals surface area contributed by atoms with Gasteiger partial charge in [-0.05, 0) is 30.7 Å². The van der Waals surface area contributed by atoms with E-state index in [-0.39, 0.29) is 11.5 Å². The van der Waals surface area contributed by atoms with E-state index in [1.807, 2.05) is 0 Å². The Bertz CT molecular complexity index is 299. The molecule has 1 fully saturated rings. The summed E-state index contributed by atoms with van der Waals surface area (Å²) < 4.78 is 0. The van der Waals surface area contributed by atoms with E-state index >= 15 is 0 Å². The summed E-state index contributed by atoms with van der Waals surface area (Å²) in [5, 5.41) is 12.2. The average Bonchev–Trinajstić information content (AvgIpc) is 2.74. The molecule has 1 aromatic rings. The van der Waals surface area contributed by atoms with Gasteiger partial charge in [-0.3, -0.25) is 0 Å². The smallest absolute Gasteiger partial charge is 0.0612 e. The predicted octanol–water partition coefficient (Wildman–Crippen LogP) is 2.17. The zero-order chi connectivity index (χ0) is 10.7. The zero-order valence-electron chi connectivity index (χ0n) is 8.98. The SMILES string of the molecule is NCC1(Cc2cccs2)CCCCC1O. The van der Waals surface area contributed by atoms with Gasteiger partial charge >= 0.3 is 0 Å². The highest BCUT2D eigenvalue weighted by atomic mass is 32.1. The third-order valence-electron chi connectivity index (χ3n) is 3.62. The van der Waals surface area contributed by atoms with Crippen molar-refractivity contribution in [3.8, 4) is 0 Å². The van der Waals surface area contributed by atoms with Crippen molar-refractivity contribution in [3.63, 3.8) is 0 Å². The van der Waals surface area contributed by atoms with E-state index in [0.717, 1.165) is 25.7 Å². The van der Waals surface area contributed by atoms with Gasteiger partial charge in [-0.25, -0.2) is 0 Å². The van der Waals surface area contributed by atoms with Gasteiger partial charge in [0.2, 0.25) is 0 Å². The molecule has 1 aliphatic rings. The number of rotatable bonds is 3. The van der Waals surface area contributed by atoms with Gasteiger partial charge in [0.15, 0.2) is 0 Å². The molecule has 1 aliphatic carbocycles. The van der Waals surface area contributed by atoms with Gasteiger partial charge < -0.3 is 10.8 Å². The minimum absolute atomic E-state index is 0.0525. The maximum Gasteiger partial charge on any atom is 0.0612 e. The number of aliphatic hydroxyl groups is 1. The minimum Gasteiger partial charge on any atom is -0.392 e. The Morgan fingerprint density at radius 2 is 2.40 bits per heavy atom. The lowest BCUT2D eigenvalue weighted by Crippen LogP contribution is -2.45. The summed E-state index contributed by atoms with van der Waals surface area (Å²) in [4.78, 5) is 1.35. The molecule has 2 rings (SSSR count). The number of aliphatic hydroxyl groups excluding tert-OH is 1. The van der Waals surface area contributed by atoms with Crippen LogP contribution >= 0.6 is 11.3 Å². The summed E-state index contributed by atoms with van der Waals surface area (Å²) in [5.74, 6) is 0. The van der Waals surface area contributed by atoms with Crippen LogP contribution in [-0.2, 0) is 6.42 Å². The number of hydrogen-bond acceptors (Lipinski definition) is 3. The molecule has 0 saturated heterocycles. The first kappa shape index (κ1) is 11.1. The first-order valence-electron chi connectivity index (χ1n) is 5.67. The van der Waals surface area contributed by atoms with Crippen LogP contribution in [0, 0.1) is 5.41 Å². The van der Waals surface area contributed by atoms with Crippen LogP contribution in [0.15, 0.2) is 17.5 Å². The van der Waals surface area contributed by atoms with Crippen molar-refractivity contribution in [1.82, 2.24) is 0 Å². The third kappa shape index (κ3) is 2.25. The molecule has 3 N–H and O–H groups in total. The van der Waals surface area contributed by atoms with E-state index in [1.165, 1.54) is 11.3 Å². The van der Waals surface area contributed by atoms with Crippen LogP contribution in [0.2, 0.25) is 0 Å². The molecule has 0 radical (unpaired) electrons. The van der Waals surface area contributed by atoms with E-state index in [1.54, 1.807) is 11.3 Å². The molecule has 0 bridgehead atoms. The molecule has 0 spiro atoms. The fourth-order valence-corrected chi connectivity index (χ4v) is 3.42. The highest BCUT2D eigenvalue weighted by Crippen LogP contribution is 2.39. The minimum atomic E-state index is -0.210. The maximum atomic E-state index is 10.1. The number of thiophene rings is 1. The summed E-state index contributed by atoms with van der Waals surface area (Å²) in [6.45, 7) is 0.603. The number of nitrogens with two attached hydrogens (primary N) is 1. The summed E-state index contributed by atoms with van der Waals surface area (Å²) in [7, 11) is 0. The second-order valence-corrected chi connectivity index (χ2v) is 5.62. The van der Waals surface area contributed by atoms with E-state index in [0.29, 0.717) is 6.54 Å². The van der Waals surface area contributed by atoms with Crippen LogP contribution in [0.4, 0.5) is 0 Å². The quantitative estimate of drug-likeness (QED) is 0.828. The van der Waals surface area contributed by atoms with Crippen LogP contribution in [0.1, 0.15) is 30.6 Å². The van der Waals surface area contributed by atoms with Crippen LogP contribution in [-0.4, -0.2) is 17.8 Å². The lowest BCUT2D eigenvalue weighted by atomic mass is 9.69. The van der Waals surface area contributed by atoms with Gasteiger partial charge in [0.25, 0.3) is 0 Å². The molecule has 15 heavy (non-hydrogen) atoms. The molecule has 1 aromatic heterocycles. The molecular formula is C12H19NOS. The maximum absolute atomic E-state index is 10.1. The Labute approximate surface area is 95.1 Å². The molecule has 1 saturated carbocycles. The van der Waals surface area contributed by atoms with Crippen molar-refractivity contribution in [2.45, 2.75) is 38.2 Å². The van der Waals surface area contributed by atoms with Gasteiger partial charge in [-0.1, -0.05) is 18.9 Å². The first-order valence-corrected chi connectivity index (χ1v) is 6.55. The van der Waals surface area contributed by atoms with E-state index in [4.69, 9.17) is 5.73 Å². The van der Waals surface area contributed by atoms with Crippen molar-refractivity contribution in [2.75, 3.05) is 6.54 Å². The normalized spacial score (nSPS) is 31.7. The summed E-state index contributed by atoms with van der Waals surface area (Å²) in [6.07, 6.45) is 5.08. The standard InChI is InChI=1S/C12H19NOS/c13-9-12(6-2-1-5-11(12)14)8-10-4-3-7-15-10/h3-4,7,11,14H,1-2,5-6,8-9,13H2. The van der Waals surface area contributed by atoms with Crippen LogP contribution in [0.25, 0.3) is 0 Å². The molecule has 2 unspecified atom stereocenters. The third-order valence-corrected chi connectivity index (χ3v) is 4.50. The largest absolute Gasteiger partial charge is 0.392 e. The zero-order valence-corrected chi connectivity index (χ0v) is 9.80. The molecule has 0 amide bonds. The van der Waals surface area contributed by atoms with Crippen molar-refractivity contribution in [1.29, 1.82) is 0 Å². The highest BCUT2D eigenvalue weighted by molar-refractivity contribution is 7.09. The predicted molar refractivity (Wildman–Crippen MR) is 64.0 cm³/mol. The summed E-state index contributed by atoms with van der Waals surface area (Å²) >= 11 is 1.77. The van der Waals surface area contributed by atoms with Crippen molar-refractivity contribution in [2.24, 2.45) is 11.1 Å². The van der Waals surface area contributed by atoms with Gasteiger partial charge in [0, 0.05) is 16.8 Å². The Balaban J connectivity index is 2.13. The van der Waals surface area contributed by atoms with Gasteiger partial charge in [0.1, 0.15) is 0 Å². The Morgan fingerprint density at radius 1 is 1.53 bits per heavy atom. The molecule has 3 heteroatoms. The van der Waals surface area contributed by atoms with Gasteiger partial charge in [-0.2, -0.15) is 0 Å². The van der Waals surface area contributed by atoms with E-state index in [9.17, 15) is 5.11 Å². The second kappa shape index (κ2) is 4.64. The van der Waals surface area contributed by atoms with Crippen LogP contribution in [0.5, 0.6) is 0 Å². The molecular weight excluding hydrogens is 206 g/mol. The van der Waals surface area contributed by atoms with Gasteiger partial charge in [0.05, 0.1) is 6.10 Å². The fraction of sp³-hybridized carbons (Fsp3) is 0.667. The first-order chi connectivity index (χ1) is 7.27.